The molecule has 0 unspecified atom stereocenters. The van der Waals surface area contributed by atoms with Crippen LogP contribution in [0.25, 0.3) is 6.08 Å². The van der Waals surface area contributed by atoms with Gasteiger partial charge in [-0.2, -0.15) is 4.31 Å². The van der Waals surface area contributed by atoms with Crippen molar-refractivity contribution in [3.8, 4) is 0 Å². The molecule has 0 aromatic heterocycles. The van der Waals surface area contributed by atoms with E-state index in [1.807, 2.05) is 30.3 Å². The smallest absolute Gasteiger partial charge is 0.208 e. The third-order valence-corrected chi connectivity index (χ3v) is 7.54. The highest BCUT2D eigenvalue weighted by Crippen LogP contribution is 2.20. The van der Waals surface area contributed by atoms with Crippen LogP contribution in [-0.4, -0.2) is 34.2 Å². The van der Waals surface area contributed by atoms with Gasteiger partial charge in [0.05, 0.1) is 4.90 Å². The average molecular weight is 423 g/mol. The Labute approximate surface area is 168 Å². The Balaban J connectivity index is 2.12. The largest absolute Gasteiger partial charge is 0.243 e. The van der Waals surface area contributed by atoms with E-state index in [4.69, 9.17) is 0 Å². The Hall–Kier alpha value is -2.00. The summed E-state index contributed by atoms with van der Waals surface area (Å²) in [6.45, 7) is 6.07. The lowest BCUT2D eigenvalue weighted by molar-refractivity contribution is 0.445. The first-order valence-corrected chi connectivity index (χ1v) is 12.0. The Morgan fingerprint density at radius 2 is 1.50 bits per heavy atom. The Kier molecular flexibility index (Phi) is 7.54. The molecule has 2 aromatic rings. The fourth-order valence-corrected chi connectivity index (χ4v) is 5.23. The topological polar surface area (TPSA) is 83.6 Å². The van der Waals surface area contributed by atoms with Crippen molar-refractivity contribution in [3.63, 3.8) is 0 Å². The number of rotatable bonds is 9. The highest BCUT2D eigenvalue weighted by Gasteiger charge is 2.22. The summed E-state index contributed by atoms with van der Waals surface area (Å²) in [6.07, 6.45) is 1.52. The van der Waals surface area contributed by atoms with Crippen LogP contribution in [0.3, 0.4) is 0 Å². The zero-order chi connectivity index (χ0) is 20.8. The first-order valence-electron chi connectivity index (χ1n) is 9.05. The molecule has 0 radical (unpaired) electrons. The second kappa shape index (κ2) is 9.47. The number of hydrogen-bond donors (Lipinski definition) is 1. The summed E-state index contributed by atoms with van der Waals surface area (Å²) in [7, 11) is -7.18. The van der Waals surface area contributed by atoms with Crippen molar-refractivity contribution in [2.24, 2.45) is 0 Å². The standard InChI is InChI=1S/C20H26N2O4S2/c1-4-22(5-2)28(25,26)20-13-11-19(12-14-20)17(3)21-27(23,24)16-15-18-9-7-6-8-10-18/h6-17,21H,4-5H2,1-3H3/b16-15+/t17-/m1/s1. The third kappa shape index (κ3) is 5.75. The Bertz CT molecular complexity index is 996. The van der Waals surface area contributed by atoms with E-state index >= 15 is 0 Å². The lowest BCUT2D eigenvalue weighted by Crippen LogP contribution is -2.30. The predicted octanol–water partition coefficient (Wildman–Crippen LogP) is 3.37. The SMILES string of the molecule is CCN(CC)S(=O)(=O)c1ccc([C@@H](C)NS(=O)(=O)/C=C/c2ccccc2)cc1. The van der Waals surface area contributed by atoms with Gasteiger partial charge >= 0.3 is 0 Å². The minimum atomic E-state index is -3.64. The average Bonchev–Trinajstić information content (AvgIpc) is 2.68. The summed E-state index contributed by atoms with van der Waals surface area (Å²) >= 11 is 0. The molecule has 0 aliphatic heterocycles. The molecule has 0 bridgehead atoms. The van der Waals surface area contributed by atoms with Crippen molar-refractivity contribution in [2.75, 3.05) is 13.1 Å². The number of sulfonamides is 2. The van der Waals surface area contributed by atoms with Gasteiger partial charge in [0.25, 0.3) is 0 Å². The van der Waals surface area contributed by atoms with E-state index in [1.165, 1.54) is 22.5 Å². The summed E-state index contributed by atoms with van der Waals surface area (Å²) in [4.78, 5) is 0.194. The van der Waals surface area contributed by atoms with Gasteiger partial charge < -0.3 is 0 Å². The molecular weight excluding hydrogens is 396 g/mol. The molecule has 0 saturated carbocycles. The molecule has 0 aliphatic carbocycles. The molecule has 28 heavy (non-hydrogen) atoms. The maximum Gasteiger partial charge on any atom is 0.243 e. The fourth-order valence-electron chi connectivity index (χ4n) is 2.73. The number of nitrogens with zero attached hydrogens (tertiary/aromatic N) is 1. The number of benzene rings is 2. The van der Waals surface area contributed by atoms with E-state index < -0.39 is 26.1 Å². The van der Waals surface area contributed by atoms with Crippen LogP contribution in [0.4, 0.5) is 0 Å². The van der Waals surface area contributed by atoms with Gasteiger partial charge in [-0.25, -0.2) is 21.6 Å². The normalized spacial score (nSPS) is 13.9. The van der Waals surface area contributed by atoms with Gasteiger partial charge in [0.15, 0.2) is 0 Å². The molecule has 0 amide bonds. The first kappa shape index (κ1) is 22.3. The van der Waals surface area contributed by atoms with Crippen LogP contribution in [-0.2, 0) is 20.0 Å². The Morgan fingerprint density at radius 3 is 2.04 bits per heavy atom. The van der Waals surface area contributed by atoms with Crippen LogP contribution < -0.4 is 4.72 Å². The molecule has 1 N–H and O–H groups in total. The van der Waals surface area contributed by atoms with E-state index in [-0.39, 0.29) is 4.90 Å². The van der Waals surface area contributed by atoms with E-state index in [0.717, 1.165) is 11.0 Å². The van der Waals surface area contributed by atoms with E-state index in [0.29, 0.717) is 18.7 Å². The van der Waals surface area contributed by atoms with E-state index in [1.54, 1.807) is 32.9 Å². The molecule has 8 heteroatoms. The lowest BCUT2D eigenvalue weighted by Gasteiger charge is -2.19. The van der Waals surface area contributed by atoms with Crippen LogP contribution in [0.1, 0.15) is 37.9 Å². The van der Waals surface area contributed by atoms with Crippen molar-refractivity contribution < 1.29 is 16.8 Å². The molecule has 2 rings (SSSR count). The summed E-state index contributed by atoms with van der Waals surface area (Å²) in [5, 5.41) is 1.12. The van der Waals surface area contributed by atoms with Gasteiger partial charge in [-0.1, -0.05) is 56.3 Å². The lowest BCUT2D eigenvalue weighted by atomic mass is 10.1. The van der Waals surface area contributed by atoms with E-state index in [9.17, 15) is 16.8 Å². The van der Waals surface area contributed by atoms with Gasteiger partial charge in [0, 0.05) is 24.5 Å². The molecule has 1 atom stereocenters. The molecule has 0 saturated heterocycles. The minimum absolute atomic E-state index is 0.194. The van der Waals surface area contributed by atoms with Crippen LogP contribution in [0.2, 0.25) is 0 Å². The van der Waals surface area contributed by atoms with Gasteiger partial charge in [-0.05, 0) is 36.3 Å². The van der Waals surface area contributed by atoms with Crippen molar-refractivity contribution in [1.82, 2.24) is 9.03 Å². The van der Waals surface area contributed by atoms with Gasteiger partial charge in [0.2, 0.25) is 20.0 Å². The molecule has 0 fully saturated rings. The zero-order valence-electron chi connectivity index (χ0n) is 16.2. The molecule has 0 heterocycles. The highest BCUT2D eigenvalue weighted by atomic mass is 32.2. The maximum absolute atomic E-state index is 12.5. The quantitative estimate of drug-likeness (QED) is 0.672. The van der Waals surface area contributed by atoms with Gasteiger partial charge in [-0.3, -0.25) is 0 Å². The van der Waals surface area contributed by atoms with Gasteiger partial charge in [-0.15, -0.1) is 0 Å². The van der Waals surface area contributed by atoms with Crippen LogP contribution in [0.15, 0.2) is 64.9 Å². The Morgan fingerprint density at radius 1 is 0.929 bits per heavy atom. The molecule has 152 valence electrons. The zero-order valence-corrected chi connectivity index (χ0v) is 17.9. The second-order valence-electron chi connectivity index (χ2n) is 6.26. The van der Waals surface area contributed by atoms with E-state index in [2.05, 4.69) is 4.72 Å². The summed E-state index contributed by atoms with van der Waals surface area (Å²) in [5.74, 6) is 0. The highest BCUT2D eigenvalue weighted by molar-refractivity contribution is 7.92. The molecule has 0 spiro atoms. The number of hydrogen-bond acceptors (Lipinski definition) is 4. The van der Waals surface area contributed by atoms with Crippen LogP contribution in [0.5, 0.6) is 0 Å². The molecule has 0 aliphatic rings. The van der Waals surface area contributed by atoms with Crippen LogP contribution in [0, 0.1) is 0 Å². The van der Waals surface area contributed by atoms with Crippen LogP contribution >= 0.6 is 0 Å². The monoisotopic (exact) mass is 422 g/mol. The predicted molar refractivity (Wildman–Crippen MR) is 112 cm³/mol. The minimum Gasteiger partial charge on any atom is -0.208 e. The summed E-state index contributed by atoms with van der Waals surface area (Å²) < 4.78 is 53.6. The van der Waals surface area contributed by atoms with Crippen molar-refractivity contribution in [2.45, 2.75) is 31.7 Å². The molecule has 6 nitrogen and oxygen atoms in total. The van der Waals surface area contributed by atoms with Crippen molar-refractivity contribution in [1.29, 1.82) is 0 Å². The fraction of sp³-hybridized carbons (Fsp3) is 0.300. The van der Waals surface area contributed by atoms with Crippen molar-refractivity contribution >= 4 is 26.1 Å². The van der Waals surface area contributed by atoms with Crippen molar-refractivity contribution in [3.05, 3.63) is 71.1 Å². The van der Waals surface area contributed by atoms with Gasteiger partial charge in [0.1, 0.15) is 0 Å². The maximum atomic E-state index is 12.5. The second-order valence-corrected chi connectivity index (χ2v) is 9.79. The number of nitrogens with one attached hydrogen (secondary N) is 1. The third-order valence-electron chi connectivity index (χ3n) is 4.30. The summed E-state index contributed by atoms with van der Waals surface area (Å²) in [6, 6.07) is 14.9. The molecular formula is C20H26N2O4S2. The first-order chi connectivity index (χ1) is 13.2. The molecule has 2 aromatic carbocycles. The summed E-state index contributed by atoms with van der Waals surface area (Å²) in [5.41, 5.74) is 1.46.